The van der Waals surface area contributed by atoms with E-state index >= 15 is 0 Å². The second-order valence-electron chi connectivity index (χ2n) is 4.69. The average Bonchev–Trinajstić information content (AvgIpc) is 2.29. The lowest BCUT2D eigenvalue weighted by Gasteiger charge is -2.19. The third-order valence-electron chi connectivity index (χ3n) is 2.76. The molecule has 0 saturated heterocycles. The Bertz CT molecular complexity index is 392. The lowest BCUT2D eigenvalue weighted by molar-refractivity contribution is -0.141. The molecule has 0 saturated carbocycles. The van der Waals surface area contributed by atoms with E-state index in [-0.39, 0.29) is 5.92 Å². The van der Waals surface area contributed by atoms with Crippen LogP contribution in [-0.2, 0) is 22.7 Å². The van der Waals surface area contributed by atoms with Crippen LogP contribution in [0.3, 0.4) is 0 Å². The van der Waals surface area contributed by atoms with Crippen LogP contribution >= 0.6 is 0 Å². The Labute approximate surface area is 108 Å². The molecule has 1 aromatic rings. The normalized spacial score (nSPS) is 12.7. The molecule has 0 heterocycles. The molecule has 0 amide bonds. The fourth-order valence-electron chi connectivity index (χ4n) is 1.91. The number of methoxy groups -OCH3 is 1. The number of aliphatic carboxylic acids is 1. The monoisotopic (exact) mass is 251 g/mol. The van der Waals surface area contributed by atoms with Crippen molar-refractivity contribution in [3.63, 3.8) is 0 Å². The summed E-state index contributed by atoms with van der Waals surface area (Å²) in [5.41, 5.74) is 2.30. The largest absolute Gasteiger partial charge is 0.481 e. The summed E-state index contributed by atoms with van der Waals surface area (Å²) in [5, 5.41) is 8.87. The summed E-state index contributed by atoms with van der Waals surface area (Å²) < 4.78 is 5.09. The van der Waals surface area contributed by atoms with Gasteiger partial charge in [-0.25, -0.2) is 0 Å². The Kier molecular flexibility index (Phi) is 5.82. The average molecular weight is 251 g/mol. The molecule has 0 fully saturated rings. The fraction of sp³-hybridized carbons (Fsp3) is 0.500. The highest BCUT2D eigenvalue weighted by molar-refractivity contribution is 5.69. The van der Waals surface area contributed by atoms with Crippen molar-refractivity contribution in [2.45, 2.75) is 20.1 Å². The Morgan fingerprint density at radius 3 is 2.72 bits per heavy atom. The zero-order valence-electron chi connectivity index (χ0n) is 11.2. The molecule has 0 aliphatic heterocycles. The van der Waals surface area contributed by atoms with E-state index in [0.29, 0.717) is 13.2 Å². The van der Waals surface area contributed by atoms with E-state index in [1.54, 1.807) is 14.0 Å². The molecule has 1 N–H and O–H groups in total. The summed E-state index contributed by atoms with van der Waals surface area (Å²) in [4.78, 5) is 12.8. The van der Waals surface area contributed by atoms with Crippen molar-refractivity contribution in [2.24, 2.45) is 5.92 Å². The van der Waals surface area contributed by atoms with Gasteiger partial charge in [0, 0.05) is 20.2 Å². The first kappa shape index (κ1) is 14.7. The summed E-state index contributed by atoms with van der Waals surface area (Å²) in [5.74, 6) is -1.10. The van der Waals surface area contributed by atoms with Crippen LogP contribution in [0.2, 0.25) is 0 Å². The van der Waals surface area contributed by atoms with Gasteiger partial charge in [-0.2, -0.15) is 0 Å². The predicted octanol–water partition coefficient (Wildman–Crippen LogP) is 1.99. The number of carbonyl (C=O) groups is 1. The lowest BCUT2D eigenvalue weighted by Crippen LogP contribution is -2.28. The van der Waals surface area contributed by atoms with Crippen molar-refractivity contribution in [1.29, 1.82) is 0 Å². The van der Waals surface area contributed by atoms with Gasteiger partial charge in [0.1, 0.15) is 0 Å². The summed E-state index contributed by atoms with van der Waals surface area (Å²) in [6, 6.07) is 8.15. The summed E-state index contributed by atoms with van der Waals surface area (Å²) in [6.45, 7) is 3.61. The Balaban J connectivity index is 2.55. The lowest BCUT2D eigenvalue weighted by atomic mass is 10.1. The van der Waals surface area contributed by atoms with Gasteiger partial charge in [-0.1, -0.05) is 31.2 Å². The molecule has 1 unspecified atom stereocenters. The van der Waals surface area contributed by atoms with E-state index in [0.717, 1.165) is 12.1 Å². The second kappa shape index (κ2) is 7.13. The number of nitrogens with zero attached hydrogens (tertiary/aromatic N) is 1. The molecule has 0 aromatic heterocycles. The molecule has 0 radical (unpaired) electrons. The van der Waals surface area contributed by atoms with Gasteiger partial charge in [0.15, 0.2) is 0 Å². The molecule has 4 heteroatoms. The molecule has 0 aliphatic carbocycles. The molecule has 1 rings (SSSR count). The van der Waals surface area contributed by atoms with Crippen molar-refractivity contribution >= 4 is 5.97 Å². The van der Waals surface area contributed by atoms with Gasteiger partial charge < -0.3 is 14.7 Å². The molecular weight excluding hydrogens is 230 g/mol. The van der Waals surface area contributed by atoms with Crippen LogP contribution in [0, 0.1) is 5.92 Å². The molecule has 1 aromatic carbocycles. The Morgan fingerprint density at radius 1 is 1.44 bits per heavy atom. The van der Waals surface area contributed by atoms with Crippen molar-refractivity contribution in [2.75, 3.05) is 20.7 Å². The topological polar surface area (TPSA) is 49.8 Å². The molecule has 0 aliphatic rings. The number of ether oxygens (including phenoxy) is 1. The molecular formula is C14H21NO3. The summed E-state index contributed by atoms with van der Waals surface area (Å²) in [6.07, 6.45) is 0. The van der Waals surface area contributed by atoms with Gasteiger partial charge in [-0.3, -0.25) is 4.79 Å². The standard InChI is InChI=1S/C14H21NO3/c1-11(14(16)17)8-15(2)9-12-5-4-6-13(7-12)10-18-3/h4-7,11H,8-10H2,1-3H3,(H,16,17). The zero-order chi connectivity index (χ0) is 13.5. The number of hydrogen-bond acceptors (Lipinski definition) is 3. The van der Waals surface area contributed by atoms with Crippen LogP contribution in [0.1, 0.15) is 18.1 Å². The highest BCUT2D eigenvalue weighted by Gasteiger charge is 2.13. The van der Waals surface area contributed by atoms with Gasteiger partial charge in [0.25, 0.3) is 0 Å². The minimum atomic E-state index is -0.755. The Morgan fingerprint density at radius 2 is 2.11 bits per heavy atom. The van der Waals surface area contributed by atoms with Crippen molar-refractivity contribution in [3.8, 4) is 0 Å². The van der Waals surface area contributed by atoms with Crippen LogP contribution in [-0.4, -0.2) is 36.7 Å². The van der Waals surface area contributed by atoms with E-state index in [1.165, 1.54) is 5.56 Å². The van der Waals surface area contributed by atoms with Crippen molar-refractivity contribution in [3.05, 3.63) is 35.4 Å². The third-order valence-corrected chi connectivity index (χ3v) is 2.76. The summed E-state index contributed by atoms with van der Waals surface area (Å²) >= 11 is 0. The highest BCUT2D eigenvalue weighted by Crippen LogP contribution is 2.09. The first-order chi connectivity index (χ1) is 8.52. The number of benzene rings is 1. The van der Waals surface area contributed by atoms with Gasteiger partial charge in [0.2, 0.25) is 0 Å². The summed E-state index contributed by atoms with van der Waals surface area (Å²) in [7, 11) is 3.61. The van der Waals surface area contributed by atoms with E-state index in [1.807, 2.05) is 30.1 Å². The third kappa shape index (κ3) is 4.85. The maximum Gasteiger partial charge on any atom is 0.307 e. The first-order valence-electron chi connectivity index (χ1n) is 6.01. The number of carboxylic acid groups (broad SMARTS) is 1. The maximum absolute atomic E-state index is 10.8. The SMILES string of the molecule is COCc1cccc(CN(C)CC(C)C(=O)O)c1. The van der Waals surface area contributed by atoms with Crippen LogP contribution in [0.25, 0.3) is 0 Å². The van der Waals surface area contributed by atoms with Gasteiger partial charge in [0.05, 0.1) is 12.5 Å². The van der Waals surface area contributed by atoms with Crippen LogP contribution in [0.15, 0.2) is 24.3 Å². The van der Waals surface area contributed by atoms with E-state index < -0.39 is 5.97 Å². The molecule has 18 heavy (non-hydrogen) atoms. The van der Waals surface area contributed by atoms with Crippen molar-refractivity contribution < 1.29 is 14.6 Å². The smallest absolute Gasteiger partial charge is 0.307 e. The first-order valence-corrected chi connectivity index (χ1v) is 6.01. The molecule has 0 spiro atoms. The Hall–Kier alpha value is -1.39. The van der Waals surface area contributed by atoms with E-state index in [2.05, 4.69) is 6.07 Å². The predicted molar refractivity (Wildman–Crippen MR) is 70.3 cm³/mol. The quantitative estimate of drug-likeness (QED) is 0.805. The van der Waals surface area contributed by atoms with Crippen LogP contribution in [0.4, 0.5) is 0 Å². The minimum Gasteiger partial charge on any atom is -0.481 e. The van der Waals surface area contributed by atoms with E-state index in [4.69, 9.17) is 9.84 Å². The molecule has 1 atom stereocenters. The van der Waals surface area contributed by atoms with E-state index in [9.17, 15) is 4.79 Å². The van der Waals surface area contributed by atoms with Crippen LogP contribution < -0.4 is 0 Å². The van der Waals surface area contributed by atoms with Gasteiger partial charge in [-0.05, 0) is 18.2 Å². The zero-order valence-corrected chi connectivity index (χ0v) is 11.2. The van der Waals surface area contributed by atoms with Gasteiger partial charge in [-0.15, -0.1) is 0 Å². The minimum absolute atomic E-state index is 0.350. The number of carboxylic acids is 1. The van der Waals surface area contributed by atoms with Crippen LogP contribution in [0.5, 0.6) is 0 Å². The molecule has 100 valence electrons. The fourth-order valence-corrected chi connectivity index (χ4v) is 1.91. The maximum atomic E-state index is 10.8. The van der Waals surface area contributed by atoms with Gasteiger partial charge >= 0.3 is 5.97 Å². The number of hydrogen-bond donors (Lipinski definition) is 1. The number of rotatable bonds is 7. The van der Waals surface area contributed by atoms with Crippen molar-refractivity contribution in [1.82, 2.24) is 4.90 Å². The second-order valence-corrected chi connectivity index (χ2v) is 4.69. The molecule has 4 nitrogen and oxygen atoms in total. The highest BCUT2D eigenvalue weighted by atomic mass is 16.5. The molecule has 0 bridgehead atoms.